The predicted octanol–water partition coefficient (Wildman–Crippen LogP) is 4.31. The van der Waals surface area contributed by atoms with Crippen LogP contribution in [-0.2, 0) is 6.54 Å². The summed E-state index contributed by atoms with van der Waals surface area (Å²) in [4.78, 5) is 0.263. The number of halogens is 3. The number of rotatable bonds is 5. The smallest absolute Gasteiger partial charge is 0.235 e. The van der Waals surface area contributed by atoms with Crippen LogP contribution in [0.1, 0.15) is 5.56 Å². The van der Waals surface area contributed by atoms with Gasteiger partial charge in [-0.05, 0) is 43.7 Å². The van der Waals surface area contributed by atoms with Crippen LogP contribution in [0.4, 0.5) is 5.69 Å². The van der Waals surface area contributed by atoms with Crippen LogP contribution < -0.4 is 4.81 Å². The summed E-state index contributed by atoms with van der Waals surface area (Å²) in [7, 11) is 2.87. The number of aliphatic hydroxyl groups is 1. The number of aliphatic hydroxyl groups excluding tert-OH is 1. The number of aromatic hydroxyl groups is 1. The Balaban J connectivity index is 0. The average Bonchev–Trinajstić information content (AvgIpc) is 2.52. The molecule has 0 aliphatic heterocycles. The summed E-state index contributed by atoms with van der Waals surface area (Å²) in [6.45, 7) is 12.7. The molecule has 4 N–H and O–H groups in total. The number of hydrogen-bond donors (Lipinski definition) is 4. The topological polar surface area (TPSA) is 84.2 Å². The zero-order valence-electron chi connectivity index (χ0n) is 13.8. The number of benzene rings is 1. The minimum Gasteiger partial charge on any atom is -0.505 e. The van der Waals surface area contributed by atoms with Crippen LogP contribution in [0.2, 0.25) is 5.02 Å². The van der Waals surface area contributed by atoms with Crippen molar-refractivity contribution in [3.8, 4) is 5.75 Å². The van der Waals surface area contributed by atoms with E-state index in [1.807, 2.05) is 0 Å². The molecule has 0 saturated carbocycles. The molecule has 9 heteroatoms. The Labute approximate surface area is 164 Å². The molecule has 0 saturated heterocycles. The summed E-state index contributed by atoms with van der Waals surface area (Å²) in [6.07, 6.45) is 0. The highest BCUT2D eigenvalue weighted by molar-refractivity contribution is 9.11. The molecule has 0 aromatic heterocycles. The summed E-state index contributed by atoms with van der Waals surface area (Å²) < 4.78 is 0.451. The second-order valence-electron chi connectivity index (χ2n) is 4.49. The van der Waals surface area contributed by atoms with Crippen LogP contribution in [0.15, 0.2) is 35.3 Å². The van der Waals surface area contributed by atoms with Gasteiger partial charge >= 0.3 is 0 Å². The second-order valence-corrected chi connectivity index (χ2v) is 6.46. The lowest BCUT2D eigenvalue weighted by Gasteiger charge is -2.23. The van der Waals surface area contributed by atoms with E-state index < -0.39 is 4.81 Å². The van der Waals surface area contributed by atoms with Gasteiger partial charge in [0, 0.05) is 18.7 Å². The zero-order chi connectivity index (χ0) is 19.7. The highest BCUT2D eigenvalue weighted by Crippen LogP contribution is 2.48. The van der Waals surface area contributed by atoms with Gasteiger partial charge in [0.2, 0.25) is 5.69 Å². The van der Waals surface area contributed by atoms with Gasteiger partial charge in [-0.1, -0.05) is 11.6 Å². The molecule has 0 aliphatic rings. The van der Waals surface area contributed by atoms with Gasteiger partial charge in [0.25, 0.3) is 0 Å². The van der Waals surface area contributed by atoms with E-state index >= 15 is 0 Å². The first-order chi connectivity index (χ1) is 11.1. The number of quaternary nitrogens is 1. The molecule has 24 heavy (non-hydrogen) atoms. The number of phenols is 1. The maximum absolute atomic E-state index is 10.0. The Morgan fingerprint density at radius 1 is 1.12 bits per heavy atom. The lowest BCUT2D eigenvalue weighted by Crippen LogP contribution is -2.37. The molecule has 0 atom stereocenters. The molecule has 0 unspecified atom stereocenters. The molecule has 0 bridgehead atoms. The Morgan fingerprint density at radius 3 is 1.96 bits per heavy atom. The largest absolute Gasteiger partial charge is 0.505 e. The van der Waals surface area contributed by atoms with Crippen molar-refractivity contribution in [3.05, 3.63) is 45.8 Å². The summed E-state index contributed by atoms with van der Waals surface area (Å²) in [5.41, 5.74) is 0.422. The van der Waals surface area contributed by atoms with Gasteiger partial charge in [-0.15, -0.1) is 26.3 Å². The Hall–Kier alpha value is -0.450. The van der Waals surface area contributed by atoms with Crippen LogP contribution in [-0.4, -0.2) is 52.8 Å². The predicted molar refractivity (Wildman–Crippen MR) is 106 cm³/mol. The van der Waals surface area contributed by atoms with Crippen LogP contribution in [0.5, 0.6) is 5.75 Å². The van der Waals surface area contributed by atoms with Crippen LogP contribution in [0.25, 0.3) is 0 Å². The molecule has 6 nitrogen and oxygen atoms in total. The van der Waals surface area contributed by atoms with E-state index in [9.17, 15) is 15.5 Å². The Morgan fingerprint density at radius 2 is 1.58 bits per heavy atom. The maximum Gasteiger partial charge on any atom is 0.235 e. The fourth-order valence-electron chi connectivity index (χ4n) is 1.72. The third-order valence-electron chi connectivity index (χ3n) is 2.69. The van der Waals surface area contributed by atoms with E-state index in [0.717, 1.165) is 7.05 Å². The van der Waals surface area contributed by atoms with Gasteiger partial charge in [-0.25, -0.2) is 0 Å². The SMILES string of the molecule is C=C.C=C.CN(CCO)Cc1c(Cl)c([N+](C)(O)O)c(Br)c(O)c1Br. The average molecular weight is 492 g/mol. The second kappa shape index (κ2) is 12.0. The quantitative estimate of drug-likeness (QED) is 0.280. The molecule has 0 spiro atoms. The highest BCUT2D eigenvalue weighted by Gasteiger charge is 2.33. The molecule has 0 radical (unpaired) electrons. The van der Waals surface area contributed by atoms with Gasteiger partial charge in [-0.2, -0.15) is 10.4 Å². The van der Waals surface area contributed by atoms with Crippen LogP contribution >= 0.6 is 43.5 Å². The number of likely N-dealkylation sites (N-methyl/N-ethyl adjacent to an activating group) is 1. The first kappa shape index (κ1) is 25.8. The molecule has 0 fully saturated rings. The Bertz CT molecular complexity index is 537. The summed E-state index contributed by atoms with van der Waals surface area (Å²) in [5, 5.41) is 38.5. The number of phenolic OH excluding ortho intramolecular Hbond substituents is 1. The van der Waals surface area contributed by atoms with Gasteiger partial charge < -0.3 is 10.2 Å². The van der Waals surface area contributed by atoms with Crippen molar-refractivity contribution in [1.82, 2.24) is 9.71 Å². The van der Waals surface area contributed by atoms with E-state index in [0.29, 0.717) is 23.1 Å². The van der Waals surface area contributed by atoms with Crippen molar-refractivity contribution in [3.63, 3.8) is 0 Å². The standard InChI is InChI=1S/C11H15Br2ClN2O4.2C2H4/c1-15(3-4-17)5-6-7(12)11(18)8(13)10(9(6)14)16(2,19)20;2*1-2/h17,19-20H,3-5H2,1-2H3;2*1-2H2/p+1. The van der Waals surface area contributed by atoms with Crippen molar-refractivity contribution >= 4 is 49.1 Å². The third-order valence-corrected chi connectivity index (χ3v) is 4.71. The van der Waals surface area contributed by atoms with Crippen LogP contribution in [0, 0.1) is 0 Å². The fourth-order valence-corrected chi connectivity index (χ4v) is 3.87. The molecule has 1 rings (SSSR count). The monoisotopic (exact) mass is 489 g/mol. The molecule has 0 aliphatic carbocycles. The molecule has 0 amide bonds. The normalized spacial score (nSPS) is 10.5. The van der Waals surface area contributed by atoms with Crippen molar-refractivity contribution in [1.29, 1.82) is 0 Å². The van der Waals surface area contributed by atoms with Crippen molar-refractivity contribution in [2.45, 2.75) is 6.54 Å². The van der Waals surface area contributed by atoms with E-state index in [-0.39, 0.29) is 27.5 Å². The van der Waals surface area contributed by atoms with E-state index in [1.54, 1.807) is 11.9 Å². The molecule has 1 aromatic rings. The third kappa shape index (κ3) is 6.81. The van der Waals surface area contributed by atoms with Crippen molar-refractivity contribution < 1.29 is 20.6 Å². The number of nitrogens with zero attached hydrogens (tertiary/aromatic N) is 2. The first-order valence-electron chi connectivity index (χ1n) is 6.61. The minimum atomic E-state index is -1.52. The highest BCUT2D eigenvalue weighted by atomic mass is 79.9. The lowest BCUT2D eigenvalue weighted by atomic mass is 10.1. The van der Waals surface area contributed by atoms with Gasteiger partial charge in [-0.3, -0.25) is 4.90 Å². The van der Waals surface area contributed by atoms with Gasteiger partial charge in [0.1, 0.15) is 16.5 Å². The maximum atomic E-state index is 10.0. The summed E-state index contributed by atoms with van der Waals surface area (Å²) in [5.74, 6) is -0.177. The molecular weight excluding hydrogens is 467 g/mol. The van der Waals surface area contributed by atoms with Crippen LogP contribution in [0.3, 0.4) is 0 Å². The van der Waals surface area contributed by atoms with Crippen molar-refractivity contribution in [2.24, 2.45) is 0 Å². The van der Waals surface area contributed by atoms with Gasteiger partial charge in [0.15, 0.2) is 5.75 Å². The summed E-state index contributed by atoms with van der Waals surface area (Å²) in [6, 6.07) is 0. The van der Waals surface area contributed by atoms with E-state index in [1.165, 1.54) is 0 Å². The number of hydroxylamine groups is 2. The van der Waals surface area contributed by atoms with Gasteiger partial charge in [0.05, 0.1) is 11.1 Å². The molecule has 0 heterocycles. The van der Waals surface area contributed by atoms with E-state index in [4.69, 9.17) is 16.7 Å². The fraction of sp³-hybridized carbons (Fsp3) is 0.333. The minimum absolute atomic E-state index is 0.0190. The summed E-state index contributed by atoms with van der Waals surface area (Å²) >= 11 is 12.6. The van der Waals surface area contributed by atoms with Crippen molar-refractivity contribution in [2.75, 3.05) is 27.2 Å². The zero-order valence-corrected chi connectivity index (χ0v) is 17.7. The molecular formula is C15H24Br2ClN2O4+. The van der Waals surface area contributed by atoms with E-state index in [2.05, 4.69) is 58.2 Å². The first-order valence-corrected chi connectivity index (χ1v) is 8.57. The molecule has 1 aromatic carbocycles. The molecule has 138 valence electrons. The Kier molecular flexibility index (Phi) is 12.9. The number of hydrogen-bond acceptors (Lipinski definition) is 5. The lowest BCUT2D eigenvalue weighted by molar-refractivity contribution is -0.272.